The molecule has 0 atom stereocenters. The summed E-state index contributed by atoms with van der Waals surface area (Å²) in [5.74, 6) is 0.419. The zero-order chi connectivity index (χ0) is 21.2. The standard InChI is InChI=1S/C22H15N7OS/c23-10-15(20-27-17-8-4-5-9-18(17)28-20)19(30)12-31-22-16-11-26-29(21(16)24-13-25-22)14-6-2-1-3-7-14/h1-9,11,13,30H,12H2,(H,27,28). The second-order valence-corrected chi connectivity index (χ2v) is 7.60. The fourth-order valence-electron chi connectivity index (χ4n) is 3.23. The van der Waals surface area contributed by atoms with Crippen molar-refractivity contribution in [3.05, 3.63) is 78.7 Å². The van der Waals surface area contributed by atoms with Gasteiger partial charge >= 0.3 is 0 Å². The number of para-hydroxylation sites is 3. The van der Waals surface area contributed by atoms with Gasteiger partial charge in [-0.3, -0.25) is 0 Å². The van der Waals surface area contributed by atoms with Crippen LogP contribution in [0.1, 0.15) is 5.82 Å². The highest BCUT2D eigenvalue weighted by Crippen LogP contribution is 2.28. The monoisotopic (exact) mass is 425 g/mol. The van der Waals surface area contributed by atoms with E-state index < -0.39 is 0 Å². The number of aliphatic hydroxyl groups is 1. The van der Waals surface area contributed by atoms with E-state index in [0.29, 0.717) is 16.5 Å². The number of thioether (sulfide) groups is 1. The molecule has 5 rings (SSSR count). The smallest absolute Gasteiger partial charge is 0.167 e. The van der Waals surface area contributed by atoms with E-state index in [4.69, 9.17) is 0 Å². The Hall–Kier alpha value is -4.16. The third-order valence-electron chi connectivity index (χ3n) is 4.70. The molecule has 0 saturated carbocycles. The molecule has 0 aliphatic heterocycles. The van der Waals surface area contributed by atoms with Gasteiger partial charge in [-0.15, -0.1) is 0 Å². The van der Waals surface area contributed by atoms with Crippen LogP contribution in [-0.4, -0.2) is 40.6 Å². The third-order valence-corrected chi connectivity index (χ3v) is 5.72. The molecule has 150 valence electrons. The maximum Gasteiger partial charge on any atom is 0.167 e. The van der Waals surface area contributed by atoms with Crippen LogP contribution in [0, 0.1) is 11.3 Å². The Labute approximate surface area is 180 Å². The van der Waals surface area contributed by atoms with Crippen molar-refractivity contribution in [1.29, 1.82) is 5.26 Å². The number of nitrogens with one attached hydrogen (secondary N) is 1. The van der Waals surface area contributed by atoms with Crippen LogP contribution in [0.25, 0.3) is 33.3 Å². The molecule has 2 aromatic carbocycles. The van der Waals surface area contributed by atoms with E-state index in [0.717, 1.165) is 22.1 Å². The average molecular weight is 425 g/mol. The molecular weight excluding hydrogens is 410 g/mol. The van der Waals surface area contributed by atoms with E-state index in [9.17, 15) is 10.4 Å². The Bertz CT molecular complexity index is 1430. The number of aromatic amines is 1. The Morgan fingerprint density at radius 2 is 1.90 bits per heavy atom. The van der Waals surface area contributed by atoms with Crippen LogP contribution in [0.2, 0.25) is 0 Å². The Kier molecular flexibility index (Phi) is 4.82. The lowest BCUT2D eigenvalue weighted by molar-refractivity contribution is 0.420. The summed E-state index contributed by atoms with van der Waals surface area (Å²) in [6.45, 7) is 0. The molecule has 0 radical (unpaired) electrons. The Morgan fingerprint density at radius 1 is 1.10 bits per heavy atom. The van der Waals surface area contributed by atoms with Crippen molar-refractivity contribution in [1.82, 2.24) is 29.7 Å². The number of hydrogen-bond acceptors (Lipinski definition) is 7. The maximum absolute atomic E-state index is 10.6. The fraction of sp³-hybridized carbons (Fsp3) is 0.0455. The molecule has 0 amide bonds. The van der Waals surface area contributed by atoms with Gasteiger partial charge in [0.1, 0.15) is 28.8 Å². The molecule has 0 fully saturated rings. The highest BCUT2D eigenvalue weighted by molar-refractivity contribution is 7.99. The number of nitrogens with zero attached hydrogens (tertiary/aromatic N) is 6. The van der Waals surface area contributed by atoms with E-state index in [-0.39, 0.29) is 17.1 Å². The second kappa shape index (κ2) is 7.93. The van der Waals surface area contributed by atoms with E-state index in [1.54, 1.807) is 10.9 Å². The van der Waals surface area contributed by atoms with E-state index >= 15 is 0 Å². The molecule has 2 N–H and O–H groups in total. The number of aromatic nitrogens is 6. The normalized spacial score (nSPS) is 12.1. The minimum atomic E-state index is -0.0752. The number of H-pyrrole nitrogens is 1. The largest absolute Gasteiger partial charge is 0.510 e. The molecule has 0 aliphatic rings. The lowest BCUT2D eigenvalue weighted by atomic mass is 10.2. The highest BCUT2D eigenvalue weighted by Gasteiger charge is 2.16. The molecule has 0 unspecified atom stereocenters. The SMILES string of the molecule is N#CC(=C(O)CSc1ncnc2c1cnn2-c1ccccc1)c1nc2ccccc2[nH]1. The molecule has 5 aromatic rings. The topological polar surface area (TPSA) is 116 Å². The van der Waals surface area contributed by atoms with E-state index in [1.807, 2.05) is 54.6 Å². The summed E-state index contributed by atoms with van der Waals surface area (Å²) >= 11 is 1.31. The number of aliphatic hydroxyl groups excluding tert-OH is 1. The van der Waals surface area contributed by atoms with Crippen LogP contribution in [0.3, 0.4) is 0 Å². The number of allylic oxidation sites excluding steroid dienone is 1. The second-order valence-electron chi connectivity index (χ2n) is 6.63. The maximum atomic E-state index is 10.6. The van der Waals surface area contributed by atoms with Crippen LogP contribution < -0.4 is 0 Å². The molecule has 8 nitrogen and oxygen atoms in total. The molecule has 31 heavy (non-hydrogen) atoms. The van der Waals surface area contributed by atoms with Crippen molar-refractivity contribution >= 4 is 39.4 Å². The predicted octanol–water partition coefficient (Wildman–Crippen LogP) is 4.28. The zero-order valence-corrected chi connectivity index (χ0v) is 16.9. The van der Waals surface area contributed by atoms with Gasteiger partial charge in [0, 0.05) is 0 Å². The summed E-state index contributed by atoms with van der Waals surface area (Å²) in [4.78, 5) is 16.2. The van der Waals surface area contributed by atoms with Crippen LogP contribution in [0.15, 0.2) is 77.9 Å². The van der Waals surface area contributed by atoms with Gasteiger partial charge in [-0.2, -0.15) is 10.4 Å². The van der Waals surface area contributed by atoms with Gasteiger partial charge in [0.05, 0.1) is 34.1 Å². The summed E-state index contributed by atoms with van der Waals surface area (Å²) in [6.07, 6.45) is 3.17. The number of hydrogen-bond donors (Lipinski definition) is 2. The van der Waals surface area contributed by atoms with Gasteiger partial charge in [-0.05, 0) is 24.3 Å². The van der Waals surface area contributed by atoms with Crippen molar-refractivity contribution in [3.8, 4) is 11.8 Å². The first kappa shape index (κ1) is 18.8. The predicted molar refractivity (Wildman–Crippen MR) is 119 cm³/mol. The number of fused-ring (bicyclic) bond motifs is 2. The molecule has 3 aromatic heterocycles. The summed E-state index contributed by atoms with van der Waals surface area (Å²) in [5, 5.41) is 26.1. The number of benzene rings is 2. The van der Waals surface area contributed by atoms with Crippen LogP contribution in [0.5, 0.6) is 0 Å². The van der Waals surface area contributed by atoms with Gasteiger partial charge in [0.15, 0.2) is 11.5 Å². The first-order chi connectivity index (χ1) is 15.2. The Balaban J connectivity index is 1.45. The van der Waals surface area contributed by atoms with Crippen LogP contribution >= 0.6 is 11.8 Å². The van der Waals surface area contributed by atoms with Crippen LogP contribution in [-0.2, 0) is 0 Å². The summed E-state index contributed by atoms with van der Waals surface area (Å²) in [6, 6.07) is 19.2. The lowest BCUT2D eigenvalue weighted by Gasteiger charge is -2.05. The van der Waals surface area contributed by atoms with Gasteiger partial charge < -0.3 is 10.1 Å². The van der Waals surface area contributed by atoms with E-state index in [2.05, 4.69) is 31.1 Å². The molecule has 9 heteroatoms. The van der Waals surface area contributed by atoms with Crippen molar-refractivity contribution in [2.45, 2.75) is 5.03 Å². The van der Waals surface area contributed by atoms with Gasteiger partial charge in [0.25, 0.3) is 0 Å². The number of imidazole rings is 1. The molecule has 0 bridgehead atoms. The molecule has 3 heterocycles. The van der Waals surface area contributed by atoms with Crippen molar-refractivity contribution in [3.63, 3.8) is 0 Å². The molecular formula is C22H15N7OS. The van der Waals surface area contributed by atoms with Gasteiger partial charge in [-0.25, -0.2) is 19.6 Å². The van der Waals surface area contributed by atoms with Crippen molar-refractivity contribution in [2.24, 2.45) is 0 Å². The Morgan fingerprint density at radius 3 is 2.71 bits per heavy atom. The van der Waals surface area contributed by atoms with E-state index in [1.165, 1.54) is 18.1 Å². The summed E-state index contributed by atoms with van der Waals surface area (Å²) in [5.41, 5.74) is 3.21. The van der Waals surface area contributed by atoms with Crippen molar-refractivity contribution in [2.75, 3.05) is 5.75 Å². The number of nitriles is 1. The molecule has 0 spiro atoms. The average Bonchev–Trinajstić information content (AvgIpc) is 3.43. The third kappa shape index (κ3) is 3.49. The first-order valence-corrected chi connectivity index (χ1v) is 10.4. The fourth-order valence-corrected chi connectivity index (χ4v) is 4.07. The summed E-state index contributed by atoms with van der Waals surface area (Å²) < 4.78 is 1.74. The lowest BCUT2D eigenvalue weighted by Crippen LogP contribution is -1.98. The van der Waals surface area contributed by atoms with Gasteiger partial charge in [-0.1, -0.05) is 42.1 Å². The highest BCUT2D eigenvalue weighted by atomic mass is 32.2. The van der Waals surface area contributed by atoms with Crippen molar-refractivity contribution < 1.29 is 5.11 Å². The van der Waals surface area contributed by atoms with Crippen LogP contribution in [0.4, 0.5) is 0 Å². The minimum Gasteiger partial charge on any atom is -0.510 e. The first-order valence-electron chi connectivity index (χ1n) is 9.39. The zero-order valence-electron chi connectivity index (χ0n) is 16.1. The number of rotatable bonds is 5. The quantitative estimate of drug-likeness (QED) is 0.187. The minimum absolute atomic E-state index is 0.0752. The van der Waals surface area contributed by atoms with Gasteiger partial charge in [0.2, 0.25) is 0 Å². The molecule has 0 saturated heterocycles. The summed E-state index contributed by atoms with van der Waals surface area (Å²) in [7, 11) is 0. The molecule has 0 aliphatic carbocycles.